The van der Waals surface area contributed by atoms with E-state index in [1.54, 1.807) is 29.9 Å². The Hall–Kier alpha value is -1.78. The zero-order chi connectivity index (χ0) is 11.4. The summed E-state index contributed by atoms with van der Waals surface area (Å²) >= 11 is 0. The first-order valence-electron chi connectivity index (χ1n) is 4.38. The van der Waals surface area contributed by atoms with Crippen molar-refractivity contribution in [2.45, 2.75) is 5.92 Å². The number of rotatable bonds is 3. The minimum absolute atomic E-state index is 0.550. The third kappa shape index (κ3) is 2.18. The maximum Gasteiger partial charge on any atom is 0.326 e. The highest BCUT2D eigenvalue weighted by molar-refractivity contribution is 6.00. The van der Waals surface area contributed by atoms with E-state index in [1.807, 2.05) is 0 Å². The molecule has 15 heavy (non-hydrogen) atoms. The second-order valence-corrected chi connectivity index (χ2v) is 3.02. The molecule has 5 heteroatoms. The molecule has 0 aliphatic heterocycles. The Morgan fingerprint density at radius 2 is 1.80 bits per heavy atom. The van der Waals surface area contributed by atoms with Gasteiger partial charge in [-0.2, -0.15) is 0 Å². The van der Waals surface area contributed by atoms with Crippen molar-refractivity contribution in [2.24, 2.45) is 7.05 Å². The molecular formula is C10H13NO4. The Kier molecular flexibility index (Phi) is 3.49. The van der Waals surface area contributed by atoms with Crippen molar-refractivity contribution < 1.29 is 19.1 Å². The van der Waals surface area contributed by atoms with Gasteiger partial charge in [0, 0.05) is 18.9 Å². The lowest BCUT2D eigenvalue weighted by Crippen LogP contribution is -2.26. The molecule has 0 saturated carbocycles. The van der Waals surface area contributed by atoms with Crippen LogP contribution >= 0.6 is 0 Å². The van der Waals surface area contributed by atoms with Gasteiger partial charge in [0.1, 0.15) is 0 Å². The van der Waals surface area contributed by atoms with Crippen LogP contribution < -0.4 is 0 Å². The summed E-state index contributed by atoms with van der Waals surface area (Å²) in [5.41, 5.74) is 0.550. The highest BCUT2D eigenvalue weighted by Gasteiger charge is 2.32. The molecule has 0 N–H and O–H groups in total. The van der Waals surface area contributed by atoms with Gasteiger partial charge in [-0.25, -0.2) is 0 Å². The monoisotopic (exact) mass is 211 g/mol. The molecule has 0 aliphatic rings. The van der Waals surface area contributed by atoms with E-state index in [0.29, 0.717) is 5.69 Å². The first-order valence-corrected chi connectivity index (χ1v) is 4.38. The minimum Gasteiger partial charge on any atom is -0.468 e. The van der Waals surface area contributed by atoms with Crippen LogP contribution in [0.15, 0.2) is 18.3 Å². The summed E-state index contributed by atoms with van der Waals surface area (Å²) in [5, 5.41) is 0. The van der Waals surface area contributed by atoms with Gasteiger partial charge in [-0.3, -0.25) is 9.59 Å². The molecule has 5 nitrogen and oxygen atoms in total. The standard InChI is InChI=1S/C10H13NO4/c1-11-6-4-5-7(11)8(9(12)14-2)10(13)15-3/h4-6,8H,1-3H3. The number of aromatic nitrogens is 1. The number of hydrogen-bond donors (Lipinski definition) is 0. The smallest absolute Gasteiger partial charge is 0.326 e. The first-order chi connectivity index (χ1) is 7.11. The number of methoxy groups -OCH3 is 2. The summed E-state index contributed by atoms with van der Waals surface area (Å²) in [6.07, 6.45) is 1.74. The maximum absolute atomic E-state index is 11.4. The van der Waals surface area contributed by atoms with E-state index in [0.717, 1.165) is 0 Å². The molecule has 0 aromatic carbocycles. The molecular weight excluding hydrogens is 198 g/mol. The number of nitrogens with zero attached hydrogens (tertiary/aromatic N) is 1. The van der Waals surface area contributed by atoms with Crippen LogP contribution in [0.1, 0.15) is 11.6 Å². The van der Waals surface area contributed by atoms with E-state index in [-0.39, 0.29) is 0 Å². The third-order valence-electron chi connectivity index (χ3n) is 2.15. The van der Waals surface area contributed by atoms with Crippen molar-refractivity contribution in [1.29, 1.82) is 0 Å². The second-order valence-electron chi connectivity index (χ2n) is 3.02. The summed E-state index contributed by atoms with van der Waals surface area (Å²) in [6, 6.07) is 3.42. The summed E-state index contributed by atoms with van der Waals surface area (Å²) < 4.78 is 10.8. The van der Waals surface area contributed by atoms with E-state index in [4.69, 9.17) is 0 Å². The van der Waals surface area contributed by atoms with Gasteiger partial charge in [0.25, 0.3) is 0 Å². The van der Waals surface area contributed by atoms with Gasteiger partial charge in [0.05, 0.1) is 14.2 Å². The van der Waals surface area contributed by atoms with Crippen LogP contribution in [0.2, 0.25) is 0 Å². The fourth-order valence-corrected chi connectivity index (χ4v) is 1.35. The van der Waals surface area contributed by atoms with Gasteiger partial charge in [-0.05, 0) is 12.1 Å². The number of aryl methyl sites for hydroxylation is 1. The quantitative estimate of drug-likeness (QED) is 0.538. The SMILES string of the molecule is COC(=O)C(C(=O)OC)c1cccn1C. The van der Waals surface area contributed by atoms with E-state index >= 15 is 0 Å². The molecule has 1 aromatic rings. The number of ether oxygens (including phenoxy) is 2. The molecule has 0 atom stereocenters. The van der Waals surface area contributed by atoms with Crippen LogP contribution in [-0.4, -0.2) is 30.7 Å². The lowest BCUT2D eigenvalue weighted by Gasteiger charge is -2.13. The normalized spacial score (nSPS) is 10.1. The molecule has 0 bridgehead atoms. The van der Waals surface area contributed by atoms with Crippen LogP contribution in [0.4, 0.5) is 0 Å². The second kappa shape index (κ2) is 4.63. The average molecular weight is 211 g/mol. The molecule has 0 spiro atoms. The lowest BCUT2D eigenvalue weighted by atomic mass is 10.1. The van der Waals surface area contributed by atoms with Crippen molar-refractivity contribution >= 4 is 11.9 Å². The van der Waals surface area contributed by atoms with E-state index in [9.17, 15) is 9.59 Å². The van der Waals surface area contributed by atoms with Crippen molar-refractivity contribution in [3.05, 3.63) is 24.0 Å². The highest BCUT2D eigenvalue weighted by Crippen LogP contribution is 2.18. The van der Waals surface area contributed by atoms with E-state index in [2.05, 4.69) is 9.47 Å². The van der Waals surface area contributed by atoms with Crippen molar-refractivity contribution in [1.82, 2.24) is 4.57 Å². The van der Waals surface area contributed by atoms with Gasteiger partial charge in [0.2, 0.25) is 0 Å². The van der Waals surface area contributed by atoms with Gasteiger partial charge >= 0.3 is 11.9 Å². The molecule has 0 saturated heterocycles. The Morgan fingerprint density at radius 3 is 2.13 bits per heavy atom. The Morgan fingerprint density at radius 1 is 1.27 bits per heavy atom. The van der Waals surface area contributed by atoms with E-state index in [1.165, 1.54) is 14.2 Å². The molecule has 82 valence electrons. The Bertz CT molecular complexity index is 353. The molecule has 0 radical (unpaired) electrons. The maximum atomic E-state index is 11.4. The van der Waals surface area contributed by atoms with Crippen LogP contribution in [-0.2, 0) is 26.1 Å². The predicted molar refractivity (Wildman–Crippen MR) is 52.2 cm³/mol. The fraction of sp³-hybridized carbons (Fsp3) is 0.400. The topological polar surface area (TPSA) is 57.5 Å². The van der Waals surface area contributed by atoms with Crippen molar-refractivity contribution in [3.63, 3.8) is 0 Å². The van der Waals surface area contributed by atoms with E-state index < -0.39 is 17.9 Å². The summed E-state index contributed by atoms with van der Waals surface area (Å²) in [7, 11) is 4.22. The van der Waals surface area contributed by atoms with Crippen molar-refractivity contribution in [3.8, 4) is 0 Å². The molecule has 0 fully saturated rings. The number of hydrogen-bond acceptors (Lipinski definition) is 4. The summed E-state index contributed by atoms with van der Waals surface area (Å²) in [5.74, 6) is -2.26. The van der Waals surface area contributed by atoms with Crippen LogP contribution in [0.25, 0.3) is 0 Å². The average Bonchev–Trinajstić information content (AvgIpc) is 2.64. The Balaban J connectivity index is 3.07. The predicted octanol–water partition coefficient (Wildman–Crippen LogP) is 0.455. The third-order valence-corrected chi connectivity index (χ3v) is 2.15. The van der Waals surface area contributed by atoms with Crippen LogP contribution in [0.3, 0.4) is 0 Å². The zero-order valence-corrected chi connectivity index (χ0v) is 8.89. The van der Waals surface area contributed by atoms with Gasteiger partial charge in [-0.15, -0.1) is 0 Å². The summed E-state index contributed by atoms with van der Waals surface area (Å²) in [4.78, 5) is 22.9. The Labute approximate surface area is 87.6 Å². The number of carbonyl (C=O) groups excluding carboxylic acids is 2. The molecule has 1 heterocycles. The van der Waals surface area contributed by atoms with Crippen LogP contribution in [0.5, 0.6) is 0 Å². The largest absolute Gasteiger partial charge is 0.468 e. The molecule has 0 unspecified atom stereocenters. The molecule has 0 aliphatic carbocycles. The lowest BCUT2D eigenvalue weighted by molar-refractivity contribution is -0.154. The molecule has 1 rings (SSSR count). The number of esters is 2. The van der Waals surface area contributed by atoms with Gasteiger partial charge < -0.3 is 14.0 Å². The molecule has 0 amide bonds. The van der Waals surface area contributed by atoms with Crippen molar-refractivity contribution in [2.75, 3.05) is 14.2 Å². The van der Waals surface area contributed by atoms with Gasteiger partial charge in [-0.1, -0.05) is 0 Å². The summed E-state index contributed by atoms with van der Waals surface area (Å²) in [6.45, 7) is 0. The zero-order valence-electron chi connectivity index (χ0n) is 8.89. The van der Waals surface area contributed by atoms with Gasteiger partial charge in [0.15, 0.2) is 5.92 Å². The molecule has 1 aromatic heterocycles. The fourth-order valence-electron chi connectivity index (χ4n) is 1.35. The minimum atomic E-state index is -1.01. The van der Waals surface area contributed by atoms with Crippen LogP contribution in [0, 0.1) is 0 Å². The first kappa shape index (κ1) is 11.3. The highest BCUT2D eigenvalue weighted by atomic mass is 16.5. The number of carbonyl (C=O) groups is 2.